The monoisotopic (exact) mass is 405 g/mol. The lowest BCUT2D eigenvalue weighted by Crippen LogP contribution is -2.19. The van der Waals surface area contributed by atoms with E-state index in [9.17, 15) is 0 Å². The molecule has 0 bridgehead atoms. The van der Waals surface area contributed by atoms with Gasteiger partial charge in [0.25, 0.3) is 0 Å². The highest BCUT2D eigenvalue weighted by molar-refractivity contribution is 5.70. The molecule has 2 aromatic rings. The predicted molar refractivity (Wildman–Crippen MR) is 131 cm³/mol. The van der Waals surface area contributed by atoms with E-state index in [-0.39, 0.29) is 0 Å². The Bertz CT molecular complexity index is 742. The first-order chi connectivity index (χ1) is 14.7. The Morgan fingerprint density at radius 3 is 2.37 bits per heavy atom. The number of aromatic nitrogens is 1. The van der Waals surface area contributed by atoms with E-state index >= 15 is 0 Å². The summed E-state index contributed by atoms with van der Waals surface area (Å²) in [6.45, 7) is 7.01. The summed E-state index contributed by atoms with van der Waals surface area (Å²) in [4.78, 5) is 4.53. The van der Waals surface area contributed by atoms with Crippen LogP contribution in [-0.4, -0.2) is 4.98 Å². The van der Waals surface area contributed by atoms with Crippen molar-refractivity contribution in [2.45, 2.75) is 104 Å². The van der Waals surface area contributed by atoms with Crippen LogP contribution in [0.1, 0.15) is 108 Å². The standard InChI is InChI=1S/C29H43N/c1-4-6-7-8-9-10-13-24-16-18-26(19-17-24)23(3)29-22-30-21-20-28(29)27-15-12-11-14-25(27)5-2/h11-12,14-15,20-24,26H,4-10,13,16-19H2,1-3H3. The highest BCUT2D eigenvalue weighted by atomic mass is 14.6. The molecule has 30 heavy (non-hydrogen) atoms. The minimum absolute atomic E-state index is 0.591. The van der Waals surface area contributed by atoms with Crippen molar-refractivity contribution in [2.24, 2.45) is 11.8 Å². The van der Waals surface area contributed by atoms with Crippen LogP contribution in [0.2, 0.25) is 0 Å². The summed E-state index contributed by atoms with van der Waals surface area (Å²) >= 11 is 0. The molecule has 0 N–H and O–H groups in total. The molecule has 3 rings (SSSR count). The average molecular weight is 406 g/mol. The molecule has 0 spiro atoms. The zero-order valence-electron chi connectivity index (χ0n) is 19.7. The van der Waals surface area contributed by atoms with Crippen molar-refractivity contribution in [3.8, 4) is 11.1 Å². The van der Waals surface area contributed by atoms with Gasteiger partial charge in [-0.25, -0.2) is 0 Å². The first-order valence-electron chi connectivity index (χ1n) is 12.8. The Hall–Kier alpha value is -1.63. The summed E-state index contributed by atoms with van der Waals surface area (Å²) in [5.41, 5.74) is 5.71. The molecule has 164 valence electrons. The first-order valence-corrected chi connectivity index (χ1v) is 12.8. The number of nitrogens with zero attached hydrogens (tertiary/aromatic N) is 1. The highest BCUT2D eigenvalue weighted by Gasteiger charge is 2.27. The molecule has 1 nitrogen and oxygen atoms in total. The van der Waals surface area contributed by atoms with Crippen molar-refractivity contribution in [3.05, 3.63) is 53.9 Å². The van der Waals surface area contributed by atoms with Crippen LogP contribution in [0.25, 0.3) is 11.1 Å². The van der Waals surface area contributed by atoms with Gasteiger partial charge in [-0.3, -0.25) is 4.98 Å². The second-order valence-electron chi connectivity index (χ2n) is 9.60. The van der Waals surface area contributed by atoms with Crippen LogP contribution in [0.4, 0.5) is 0 Å². The van der Waals surface area contributed by atoms with Crippen molar-refractivity contribution < 1.29 is 0 Å². The Labute approximate surface area is 185 Å². The van der Waals surface area contributed by atoms with Gasteiger partial charge in [-0.05, 0) is 65.3 Å². The molecule has 1 aliphatic rings. The molecular weight excluding hydrogens is 362 g/mol. The van der Waals surface area contributed by atoms with Crippen molar-refractivity contribution in [2.75, 3.05) is 0 Å². The van der Waals surface area contributed by atoms with E-state index in [1.807, 2.05) is 6.20 Å². The number of aryl methyl sites for hydroxylation is 1. The van der Waals surface area contributed by atoms with Gasteiger partial charge in [-0.2, -0.15) is 0 Å². The van der Waals surface area contributed by atoms with Gasteiger partial charge in [-0.15, -0.1) is 0 Å². The van der Waals surface area contributed by atoms with Crippen molar-refractivity contribution >= 4 is 0 Å². The van der Waals surface area contributed by atoms with E-state index in [1.165, 1.54) is 92.9 Å². The molecule has 1 saturated carbocycles. The van der Waals surface area contributed by atoms with Gasteiger partial charge < -0.3 is 0 Å². The second kappa shape index (κ2) is 12.3. The molecule has 1 fully saturated rings. The predicted octanol–water partition coefficient (Wildman–Crippen LogP) is 8.97. The van der Waals surface area contributed by atoms with Crippen molar-refractivity contribution in [3.63, 3.8) is 0 Å². The first kappa shape index (κ1) is 23.0. The second-order valence-corrected chi connectivity index (χ2v) is 9.60. The number of hydrogen-bond donors (Lipinski definition) is 0. The molecule has 0 amide bonds. The summed E-state index contributed by atoms with van der Waals surface area (Å²) in [6, 6.07) is 11.2. The molecular formula is C29H43N. The zero-order chi connectivity index (χ0) is 21.2. The Morgan fingerprint density at radius 1 is 0.867 bits per heavy atom. The SMILES string of the molecule is CCCCCCCCC1CCC(C(C)c2cnccc2-c2ccccc2CC)CC1. The van der Waals surface area contributed by atoms with E-state index in [0.717, 1.165) is 18.3 Å². The maximum absolute atomic E-state index is 4.53. The van der Waals surface area contributed by atoms with Gasteiger partial charge in [0, 0.05) is 12.4 Å². The van der Waals surface area contributed by atoms with Crippen LogP contribution in [0.15, 0.2) is 42.7 Å². The molecule has 1 aliphatic carbocycles. The summed E-state index contributed by atoms with van der Waals surface area (Å²) in [7, 11) is 0. The number of pyridine rings is 1. The van der Waals surface area contributed by atoms with Gasteiger partial charge >= 0.3 is 0 Å². The maximum Gasteiger partial charge on any atom is 0.0308 e. The lowest BCUT2D eigenvalue weighted by atomic mass is 9.72. The Kier molecular flexibility index (Phi) is 9.43. The fourth-order valence-corrected chi connectivity index (χ4v) is 5.55. The normalized spacial score (nSPS) is 20.2. The summed E-state index contributed by atoms with van der Waals surface area (Å²) < 4.78 is 0. The van der Waals surface area contributed by atoms with Crippen molar-refractivity contribution in [1.29, 1.82) is 0 Å². The van der Waals surface area contributed by atoms with Crippen LogP contribution in [0, 0.1) is 11.8 Å². The summed E-state index contributed by atoms with van der Waals surface area (Å²) in [6.07, 6.45) is 20.9. The maximum atomic E-state index is 4.53. The molecule has 1 unspecified atom stereocenters. The van der Waals surface area contributed by atoms with Gasteiger partial charge in [0.15, 0.2) is 0 Å². The van der Waals surface area contributed by atoms with E-state index < -0.39 is 0 Å². The number of benzene rings is 1. The number of rotatable bonds is 11. The minimum atomic E-state index is 0.591. The fourth-order valence-electron chi connectivity index (χ4n) is 5.55. The third kappa shape index (κ3) is 6.19. The van der Waals surface area contributed by atoms with E-state index in [1.54, 1.807) is 0 Å². The molecule has 1 aromatic heterocycles. The molecule has 0 saturated heterocycles. The van der Waals surface area contributed by atoms with Gasteiger partial charge in [0.05, 0.1) is 0 Å². The van der Waals surface area contributed by atoms with E-state index in [4.69, 9.17) is 0 Å². The van der Waals surface area contributed by atoms with Gasteiger partial charge in [0.1, 0.15) is 0 Å². The highest BCUT2D eigenvalue weighted by Crippen LogP contribution is 2.42. The fraction of sp³-hybridized carbons (Fsp3) is 0.621. The molecule has 1 heteroatoms. The third-order valence-electron chi connectivity index (χ3n) is 7.60. The average Bonchev–Trinajstić information content (AvgIpc) is 2.81. The van der Waals surface area contributed by atoms with Crippen LogP contribution >= 0.6 is 0 Å². The quantitative estimate of drug-likeness (QED) is 0.340. The van der Waals surface area contributed by atoms with Crippen LogP contribution in [0.5, 0.6) is 0 Å². The molecule has 1 atom stereocenters. The molecule has 1 heterocycles. The largest absolute Gasteiger partial charge is 0.264 e. The molecule has 1 aromatic carbocycles. The third-order valence-corrected chi connectivity index (χ3v) is 7.60. The summed E-state index contributed by atoms with van der Waals surface area (Å²) in [5.74, 6) is 2.38. The van der Waals surface area contributed by atoms with Gasteiger partial charge in [0.2, 0.25) is 0 Å². The number of hydrogen-bond acceptors (Lipinski definition) is 1. The Balaban J connectivity index is 1.57. The van der Waals surface area contributed by atoms with Gasteiger partial charge in [-0.1, -0.05) is 103 Å². The Morgan fingerprint density at radius 2 is 1.60 bits per heavy atom. The lowest BCUT2D eigenvalue weighted by Gasteiger charge is -2.33. The number of unbranched alkanes of at least 4 members (excludes halogenated alkanes) is 5. The van der Waals surface area contributed by atoms with E-state index in [0.29, 0.717) is 5.92 Å². The van der Waals surface area contributed by atoms with Crippen molar-refractivity contribution in [1.82, 2.24) is 4.98 Å². The molecule has 0 aliphatic heterocycles. The smallest absolute Gasteiger partial charge is 0.0308 e. The lowest BCUT2D eigenvalue weighted by molar-refractivity contribution is 0.236. The topological polar surface area (TPSA) is 12.9 Å². The summed E-state index contributed by atoms with van der Waals surface area (Å²) in [5, 5.41) is 0. The van der Waals surface area contributed by atoms with E-state index in [2.05, 4.69) is 62.3 Å². The molecule has 0 radical (unpaired) electrons. The zero-order valence-corrected chi connectivity index (χ0v) is 19.7. The minimum Gasteiger partial charge on any atom is -0.264 e. The van der Waals surface area contributed by atoms with Crippen LogP contribution < -0.4 is 0 Å². The van der Waals surface area contributed by atoms with Crippen LogP contribution in [-0.2, 0) is 6.42 Å². The van der Waals surface area contributed by atoms with Crippen LogP contribution in [0.3, 0.4) is 0 Å².